The van der Waals surface area contributed by atoms with E-state index in [2.05, 4.69) is 32.5 Å². The van der Waals surface area contributed by atoms with Gasteiger partial charge in [-0.15, -0.1) is 10.2 Å². The molecule has 1 heterocycles. The molecular weight excluding hydrogens is 340 g/mol. The highest BCUT2D eigenvalue weighted by atomic mass is 16.4. The Morgan fingerprint density at radius 2 is 1.70 bits per heavy atom. The molecule has 0 aliphatic rings. The second kappa shape index (κ2) is 9.09. The number of carbonyl (C=O) groups excluding carboxylic acids is 1. The fourth-order valence-corrected chi connectivity index (χ4v) is 2.69. The van der Waals surface area contributed by atoms with Crippen molar-refractivity contribution < 1.29 is 9.21 Å². The number of aryl methyl sites for hydroxylation is 1. The van der Waals surface area contributed by atoms with Gasteiger partial charge in [-0.25, -0.2) is 0 Å². The molecule has 1 N–H and O–H groups in total. The van der Waals surface area contributed by atoms with Crippen molar-refractivity contribution in [2.75, 3.05) is 14.1 Å². The average molecular weight is 364 g/mol. The van der Waals surface area contributed by atoms with E-state index in [1.54, 1.807) is 0 Å². The smallest absolute Gasteiger partial charge is 0.247 e. The first-order valence-corrected chi connectivity index (χ1v) is 8.97. The van der Waals surface area contributed by atoms with Gasteiger partial charge in [0.25, 0.3) is 0 Å². The third-order valence-corrected chi connectivity index (χ3v) is 4.06. The summed E-state index contributed by atoms with van der Waals surface area (Å²) in [5.41, 5.74) is 3.20. The minimum absolute atomic E-state index is 0.0353. The second-order valence-electron chi connectivity index (χ2n) is 6.70. The number of aromatic nitrogens is 2. The first-order chi connectivity index (χ1) is 13.1. The van der Waals surface area contributed by atoms with E-state index in [0.717, 1.165) is 17.7 Å². The van der Waals surface area contributed by atoms with E-state index in [4.69, 9.17) is 4.42 Å². The number of hydrogen-bond donors (Lipinski definition) is 1. The fraction of sp³-hybridized carbons (Fsp3) is 0.286. The summed E-state index contributed by atoms with van der Waals surface area (Å²) in [5.74, 6) is 0.910. The molecule has 0 fully saturated rings. The topological polar surface area (TPSA) is 71.3 Å². The molecule has 0 aliphatic heterocycles. The monoisotopic (exact) mass is 364 g/mol. The van der Waals surface area contributed by atoms with Crippen LogP contribution in [0.3, 0.4) is 0 Å². The minimum Gasteiger partial charge on any atom is -0.421 e. The highest BCUT2D eigenvalue weighted by molar-refractivity contribution is 5.76. The van der Waals surface area contributed by atoms with Gasteiger partial charge >= 0.3 is 0 Å². The first kappa shape index (κ1) is 18.8. The van der Waals surface area contributed by atoms with E-state index in [0.29, 0.717) is 31.2 Å². The van der Waals surface area contributed by atoms with Crippen molar-refractivity contribution in [2.45, 2.75) is 25.9 Å². The number of rotatable bonds is 8. The van der Waals surface area contributed by atoms with Crippen LogP contribution < -0.4 is 5.32 Å². The van der Waals surface area contributed by atoms with Gasteiger partial charge < -0.3 is 14.6 Å². The van der Waals surface area contributed by atoms with Crippen LogP contribution in [0.2, 0.25) is 0 Å². The minimum atomic E-state index is -0.0353. The molecule has 0 radical (unpaired) electrons. The molecule has 0 unspecified atom stereocenters. The molecule has 1 aromatic heterocycles. The van der Waals surface area contributed by atoms with Crippen LogP contribution in [0.1, 0.15) is 23.4 Å². The van der Waals surface area contributed by atoms with Crippen LogP contribution in [0.25, 0.3) is 11.5 Å². The van der Waals surface area contributed by atoms with E-state index in [1.165, 1.54) is 5.56 Å². The molecule has 1 amide bonds. The Kier molecular flexibility index (Phi) is 6.33. The SMILES string of the molecule is CN(C)Cc1ccc(CNC(=O)CCc2nnc(-c3ccccc3)o2)cc1. The number of amides is 1. The molecule has 3 aromatic rings. The molecule has 0 spiro atoms. The molecular formula is C21H24N4O2. The van der Waals surface area contributed by atoms with Crippen LogP contribution in [-0.2, 0) is 24.3 Å². The second-order valence-corrected chi connectivity index (χ2v) is 6.70. The summed E-state index contributed by atoms with van der Waals surface area (Å²) in [6.45, 7) is 1.42. The first-order valence-electron chi connectivity index (χ1n) is 8.97. The van der Waals surface area contributed by atoms with Crippen LogP contribution in [0.4, 0.5) is 0 Å². The molecule has 27 heavy (non-hydrogen) atoms. The third-order valence-electron chi connectivity index (χ3n) is 4.06. The Balaban J connectivity index is 1.44. The van der Waals surface area contributed by atoms with Gasteiger partial charge in [-0.1, -0.05) is 42.5 Å². The summed E-state index contributed by atoms with van der Waals surface area (Å²) < 4.78 is 5.62. The Labute approximate surface area is 159 Å². The maximum absolute atomic E-state index is 12.1. The van der Waals surface area contributed by atoms with Crippen molar-refractivity contribution in [3.05, 3.63) is 71.6 Å². The highest BCUT2D eigenvalue weighted by Crippen LogP contribution is 2.17. The quantitative estimate of drug-likeness (QED) is 0.665. The van der Waals surface area contributed by atoms with Crippen molar-refractivity contribution in [3.63, 3.8) is 0 Å². The molecule has 0 saturated carbocycles. The van der Waals surface area contributed by atoms with Crippen LogP contribution >= 0.6 is 0 Å². The standard InChI is InChI=1S/C21H24N4O2/c1-25(2)15-17-10-8-16(9-11-17)14-22-19(26)12-13-20-23-24-21(27-20)18-6-4-3-5-7-18/h3-11H,12-15H2,1-2H3,(H,22,26). The van der Waals surface area contributed by atoms with Crippen LogP contribution in [0.15, 0.2) is 59.0 Å². The van der Waals surface area contributed by atoms with Crippen LogP contribution in [-0.4, -0.2) is 35.1 Å². The van der Waals surface area contributed by atoms with E-state index in [9.17, 15) is 4.79 Å². The predicted molar refractivity (Wildman–Crippen MR) is 104 cm³/mol. The van der Waals surface area contributed by atoms with Crippen LogP contribution in [0.5, 0.6) is 0 Å². The van der Waals surface area contributed by atoms with Gasteiger partial charge in [0.2, 0.25) is 17.7 Å². The van der Waals surface area contributed by atoms with E-state index in [1.807, 2.05) is 56.6 Å². The summed E-state index contributed by atoms with van der Waals surface area (Å²) >= 11 is 0. The maximum Gasteiger partial charge on any atom is 0.247 e. The molecule has 0 aliphatic carbocycles. The Morgan fingerprint density at radius 1 is 1.00 bits per heavy atom. The van der Waals surface area contributed by atoms with Crippen molar-refractivity contribution in [3.8, 4) is 11.5 Å². The molecule has 2 aromatic carbocycles. The normalized spacial score (nSPS) is 10.9. The lowest BCUT2D eigenvalue weighted by atomic mass is 10.1. The lowest BCUT2D eigenvalue weighted by Gasteiger charge is -2.10. The largest absolute Gasteiger partial charge is 0.421 e. The number of carbonyl (C=O) groups is 1. The molecule has 140 valence electrons. The van der Waals surface area contributed by atoms with Gasteiger partial charge in [0.05, 0.1) is 0 Å². The fourth-order valence-electron chi connectivity index (χ4n) is 2.69. The number of hydrogen-bond acceptors (Lipinski definition) is 5. The van der Waals surface area contributed by atoms with Crippen molar-refractivity contribution in [1.29, 1.82) is 0 Å². The number of benzene rings is 2. The summed E-state index contributed by atoms with van der Waals surface area (Å²) in [6, 6.07) is 17.9. The molecule has 0 atom stereocenters. The van der Waals surface area contributed by atoms with Gasteiger partial charge in [0, 0.05) is 31.5 Å². The van der Waals surface area contributed by atoms with Crippen molar-refractivity contribution >= 4 is 5.91 Å². The Hall–Kier alpha value is -2.99. The third kappa shape index (κ3) is 5.76. The van der Waals surface area contributed by atoms with Crippen molar-refractivity contribution in [1.82, 2.24) is 20.4 Å². The zero-order valence-electron chi connectivity index (χ0n) is 15.7. The van der Waals surface area contributed by atoms with E-state index in [-0.39, 0.29) is 5.91 Å². The summed E-state index contributed by atoms with van der Waals surface area (Å²) in [7, 11) is 4.08. The summed E-state index contributed by atoms with van der Waals surface area (Å²) in [4.78, 5) is 14.2. The molecule has 6 nitrogen and oxygen atoms in total. The number of nitrogens with one attached hydrogen (secondary N) is 1. The van der Waals surface area contributed by atoms with E-state index >= 15 is 0 Å². The molecule has 0 bridgehead atoms. The number of nitrogens with zero attached hydrogens (tertiary/aromatic N) is 3. The predicted octanol–water partition coefficient (Wildman–Crippen LogP) is 3.05. The van der Waals surface area contributed by atoms with Gasteiger partial charge in [-0.05, 0) is 37.4 Å². The van der Waals surface area contributed by atoms with Crippen LogP contribution in [0, 0.1) is 0 Å². The maximum atomic E-state index is 12.1. The highest BCUT2D eigenvalue weighted by Gasteiger charge is 2.10. The lowest BCUT2D eigenvalue weighted by Crippen LogP contribution is -2.23. The van der Waals surface area contributed by atoms with Crippen molar-refractivity contribution in [2.24, 2.45) is 0 Å². The Morgan fingerprint density at radius 3 is 2.41 bits per heavy atom. The average Bonchev–Trinajstić information content (AvgIpc) is 3.15. The zero-order chi connectivity index (χ0) is 19.1. The van der Waals surface area contributed by atoms with E-state index < -0.39 is 0 Å². The van der Waals surface area contributed by atoms with Gasteiger partial charge in [0.1, 0.15) is 0 Å². The molecule has 6 heteroatoms. The van der Waals surface area contributed by atoms with Gasteiger partial charge in [-0.3, -0.25) is 4.79 Å². The van der Waals surface area contributed by atoms with Gasteiger partial charge in [-0.2, -0.15) is 0 Å². The molecule has 0 saturated heterocycles. The zero-order valence-corrected chi connectivity index (χ0v) is 15.7. The molecule has 3 rings (SSSR count). The van der Waals surface area contributed by atoms with Gasteiger partial charge in [0.15, 0.2) is 0 Å². The Bertz CT molecular complexity index is 857. The summed E-state index contributed by atoms with van der Waals surface area (Å²) in [6.07, 6.45) is 0.739. The lowest BCUT2D eigenvalue weighted by molar-refractivity contribution is -0.121. The summed E-state index contributed by atoms with van der Waals surface area (Å²) in [5, 5.41) is 11.0.